The maximum absolute atomic E-state index is 11.8. The highest BCUT2D eigenvalue weighted by atomic mass is 28.4. The lowest BCUT2D eigenvalue weighted by molar-refractivity contribution is 0.122. The van der Waals surface area contributed by atoms with Gasteiger partial charge in [0.15, 0.2) is 0 Å². The number of carbonyl (C=O) groups excluding carboxylic acids is 2. The summed E-state index contributed by atoms with van der Waals surface area (Å²) < 4.78 is 42.4. The van der Waals surface area contributed by atoms with E-state index in [4.69, 9.17) is 36.0 Å². The molecule has 0 bridgehead atoms. The van der Waals surface area contributed by atoms with Crippen LogP contribution < -0.4 is 10.6 Å². The zero-order valence-corrected chi connectivity index (χ0v) is 28.2. The van der Waals surface area contributed by atoms with Crippen LogP contribution in [0.15, 0.2) is 24.3 Å². The Labute approximate surface area is 249 Å². The molecule has 0 aliphatic carbocycles. The molecule has 0 saturated carbocycles. The van der Waals surface area contributed by atoms with Gasteiger partial charge in [-0.1, -0.05) is 37.6 Å². The second-order valence-electron chi connectivity index (χ2n) is 9.40. The third kappa shape index (κ3) is 19.1. The van der Waals surface area contributed by atoms with Crippen LogP contribution in [-0.4, -0.2) is 98.8 Å². The molecule has 0 aromatic rings. The highest BCUT2D eigenvalue weighted by molar-refractivity contribution is 6.60. The number of rotatable bonds is 25. The van der Waals surface area contributed by atoms with Crippen molar-refractivity contribution in [1.29, 1.82) is 0 Å². The largest absolute Gasteiger partial charge is 0.500 e. The van der Waals surface area contributed by atoms with Crippen LogP contribution >= 0.6 is 0 Å². The number of carbonyl (C=O) groups is 2. The molecular formula is C27H54N2O10Si2. The van der Waals surface area contributed by atoms with Gasteiger partial charge in [0, 0.05) is 67.8 Å². The number of nitrogens with one attached hydrogen (secondary N) is 2. The Morgan fingerprint density at radius 1 is 0.610 bits per heavy atom. The second-order valence-corrected chi connectivity index (χ2v) is 15.6. The SMILES string of the molecule is CO[Si](CCCNC(=O)OCC=CCCCC(C)CCC=CCOC(=O)NCCC[Si](OC)(OC)OC)(OC)OC. The van der Waals surface area contributed by atoms with Crippen LogP contribution in [0.1, 0.15) is 51.9 Å². The Balaban J connectivity index is 3.75. The summed E-state index contributed by atoms with van der Waals surface area (Å²) in [6.45, 7) is 3.66. The average molecular weight is 623 g/mol. The maximum atomic E-state index is 11.8. The average Bonchev–Trinajstić information content (AvgIpc) is 2.99. The molecule has 0 aromatic heterocycles. The number of allylic oxidation sites excluding steroid dienone is 2. The Morgan fingerprint density at radius 2 is 1.02 bits per heavy atom. The highest BCUT2D eigenvalue weighted by Gasteiger charge is 2.37. The van der Waals surface area contributed by atoms with Gasteiger partial charge in [0.25, 0.3) is 0 Å². The minimum atomic E-state index is -2.60. The minimum Gasteiger partial charge on any atom is -0.445 e. The van der Waals surface area contributed by atoms with Crippen molar-refractivity contribution in [2.75, 3.05) is 69.0 Å². The molecule has 1 atom stereocenters. The molecule has 0 fully saturated rings. The molecule has 14 heteroatoms. The highest BCUT2D eigenvalue weighted by Crippen LogP contribution is 2.16. The third-order valence-corrected chi connectivity index (χ3v) is 12.2. The fourth-order valence-corrected chi connectivity index (χ4v) is 7.38. The number of hydrogen-bond donors (Lipinski definition) is 2. The summed E-state index contributed by atoms with van der Waals surface area (Å²) in [5.41, 5.74) is 0. The van der Waals surface area contributed by atoms with E-state index >= 15 is 0 Å². The predicted octanol–water partition coefficient (Wildman–Crippen LogP) is 4.67. The van der Waals surface area contributed by atoms with Gasteiger partial charge in [0.2, 0.25) is 0 Å². The van der Waals surface area contributed by atoms with Gasteiger partial charge in [-0.05, 0) is 44.4 Å². The van der Waals surface area contributed by atoms with E-state index in [1.54, 1.807) is 42.7 Å². The van der Waals surface area contributed by atoms with E-state index in [-0.39, 0.29) is 13.2 Å². The van der Waals surface area contributed by atoms with Crippen molar-refractivity contribution < 1.29 is 45.6 Å². The lowest BCUT2D eigenvalue weighted by Crippen LogP contribution is -2.43. The van der Waals surface area contributed by atoms with E-state index in [1.807, 2.05) is 24.3 Å². The van der Waals surface area contributed by atoms with Crippen molar-refractivity contribution in [2.45, 2.75) is 64.0 Å². The maximum Gasteiger partial charge on any atom is 0.500 e. The van der Waals surface area contributed by atoms with Crippen LogP contribution in [0.5, 0.6) is 0 Å². The number of alkyl carbamates (subject to hydrolysis) is 2. The van der Waals surface area contributed by atoms with Crippen molar-refractivity contribution in [3.05, 3.63) is 24.3 Å². The first-order valence-corrected chi connectivity index (χ1v) is 18.0. The van der Waals surface area contributed by atoms with Crippen molar-refractivity contribution >= 4 is 29.8 Å². The topological polar surface area (TPSA) is 132 Å². The lowest BCUT2D eigenvalue weighted by atomic mass is 9.98. The first kappa shape index (κ1) is 39.2. The molecule has 2 N–H and O–H groups in total. The van der Waals surface area contributed by atoms with Gasteiger partial charge in [0.1, 0.15) is 13.2 Å². The van der Waals surface area contributed by atoms with E-state index in [2.05, 4.69) is 17.6 Å². The van der Waals surface area contributed by atoms with Crippen LogP contribution in [-0.2, 0) is 36.0 Å². The van der Waals surface area contributed by atoms with Gasteiger partial charge < -0.3 is 46.7 Å². The van der Waals surface area contributed by atoms with Crippen LogP contribution in [0.4, 0.5) is 9.59 Å². The summed E-state index contributed by atoms with van der Waals surface area (Å²) >= 11 is 0. The summed E-state index contributed by atoms with van der Waals surface area (Å²) in [6, 6.07) is 1.23. The van der Waals surface area contributed by atoms with Crippen LogP contribution in [0.2, 0.25) is 12.1 Å². The van der Waals surface area contributed by atoms with Gasteiger partial charge in [-0.15, -0.1) is 0 Å². The van der Waals surface area contributed by atoms with Crippen LogP contribution in [0, 0.1) is 5.92 Å². The van der Waals surface area contributed by atoms with E-state index in [9.17, 15) is 9.59 Å². The molecular weight excluding hydrogens is 568 g/mol. The van der Waals surface area contributed by atoms with Gasteiger partial charge in [0.05, 0.1) is 0 Å². The first-order chi connectivity index (χ1) is 19.8. The zero-order chi connectivity index (χ0) is 30.8. The molecule has 0 rings (SSSR count). The Kier molecular flexibility index (Phi) is 23.7. The second kappa shape index (κ2) is 24.8. The quantitative estimate of drug-likeness (QED) is 0.0841. The zero-order valence-electron chi connectivity index (χ0n) is 26.2. The third-order valence-electron chi connectivity index (χ3n) is 6.57. The van der Waals surface area contributed by atoms with E-state index in [0.29, 0.717) is 43.9 Å². The molecule has 0 spiro atoms. The fourth-order valence-electron chi connectivity index (χ4n) is 3.93. The van der Waals surface area contributed by atoms with Gasteiger partial charge in [-0.25, -0.2) is 9.59 Å². The van der Waals surface area contributed by atoms with Crippen molar-refractivity contribution in [3.63, 3.8) is 0 Å². The van der Waals surface area contributed by atoms with Gasteiger partial charge >= 0.3 is 29.8 Å². The number of hydrogen-bond acceptors (Lipinski definition) is 10. The lowest BCUT2D eigenvalue weighted by Gasteiger charge is -2.24. The predicted molar refractivity (Wildman–Crippen MR) is 162 cm³/mol. The van der Waals surface area contributed by atoms with Gasteiger partial charge in [-0.3, -0.25) is 0 Å². The van der Waals surface area contributed by atoms with Crippen molar-refractivity contribution in [3.8, 4) is 0 Å². The molecule has 0 aromatic carbocycles. The molecule has 0 aliphatic heterocycles. The summed E-state index contributed by atoms with van der Waals surface area (Å²) in [7, 11) is 4.21. The Hall–Kier alpha value is -1.79. The molecule has 0 radical (unpaired) electrons. The molecule has 0 saturated heterocycles. The van der Waals surface area contributed by atoms with E-state index in [1.165, 1.54) is 0 Å². The van der Waals surface area contributed by atoms with Gasteiger partial charge in [-0.2, -0.15) is 0 Å². The monoisotopic (exact) mass is 622 g/mol. The van der Waals surface area contributed by atoms with Crippen LogP contribution in [0.3, 0.4) is 0 Å². The standard InChI is InChI=1S/C27H54N2O10Si2/c1-25(18-12-10-14-22-39-27(31)29-20-16-24-41(35-5,36-6)37-7)17-11-8-9-13-21-38-26(30)28-19-15-23-40(32-2,33-3)34-4/h9-10,13-14,25H,8,11-12,15-24H2,1-7H3,(H,28,30)(H,29,31). The molecule has 0 heterocycles. The summed E-state index contributed by atoms with van der Waals surface area (Å²) in [5.74, 6) is 0.595. The summed E-state index contributed by atoms with van der Waals surface area (Å²) in [4.78, 5) is 23.6. The number of ether oxygens (including phenoxy) is 2. The van der Waals surface area contributed by atoms with Crippen molar-refractivity contribution in [2.24, 2.45) is 5.92 Å². The minimum absolute atomic E-state index is 0.246. The smallest absolute Gasteiger partial charge is 0.445 e. The van der Waals surface area contributed by atoms with Crippen molar-refractivity contribution in [1.82, 2.24) is 10.6 Å². The Bertz CT molecular complexity index is 718. The molecule has 41 heavy (non-hydrogen) atoms. The molecule has 1 unspecified atom stereocenters. The molecule has 0 aliphatic rings. The fraction of sp³-hybridized carbons (Fsp3) is 0.778. The van der Waals surface area contributed by atoms with E-state index in [0.717, 1.165) is 32.1 Å². The normalized spacial score (nSPS) is 13.0. The Morgan fingerprint density at radius 3 is 1.44 bits per heavy atom. The van der Waals surface area contributed by atoms with Crippen LogP contribution in [0.25, 0.3) is 0 Å². The molecule has 2 amide bonds. The number of unbranched alkanes of at least 4 members (excludes halogenated alkanes) is 1. The summed E-state index contributed by atoms with van der Waals surface area (Å²) in [6.07, 6.45) is 13.4. The number of amides is 2. The summed E-state index contributed by atoms with van der Waals surface area (Å²) in [5, 5.41) is 5.44. The molecule has 240 valence electrons. The molecule has 12 nitrogen and oxygen atoms in total. The first-order valence-electron chi connectivity index (χ1n) is 14.2. The van der Waals surface area contributed by atoms with E-state index < -0.39 is 29.8 Å².